The Hall–Kier alpha value is -8.23. The summed E-state index contributed by atoms with van der Waals surface area (Å²) < 4.78 is 36.6. The van der Waals surface area contributed by atoms with Gasteiger partial charge in [-0.3, -0.25) is 19.0 Å². The fraction of sp³-hybridized carbons (Fsp3) is 0.327. The van der Waals surface area contributed by atoms with Gasteiger partial charge >= 0.3 is 30.1 Å². The van der Waals surface area contributed by atoms with E-state index in [9.17, 15) is 28.8 Å². The van der Waals surface area contributed by atoms with Gasteiger partial charge < -0.3 is 49.3 Å². The molecule has 0 spiro atoms. The molecule has 376 valence electrons. The number of carbonyl (C=O) groups excluding carboxylic acids is 6. The van der Waals surface area contributed by atoms with E-state index in [0.29, 0.717) is 12.1 Å². The molecule has 20 heteroatoms. The van der Waals surface area contributed by atoms with E-state index in [1.807, 2.05) is 66.7 Å². The highest BCUT2D eigenvalue weighted by molar-refractivity contribution is 6.06. The molecule has 0 radical (unpaired) electrons. The highest BCUT2D eigenvalue weighted by Crippen LogP contribution is 2.39. The van der Waals surface area contributed by atoms with Gasteiger partial charge in [0.05, 0.1) is 13.4 Å². The zero-order valence-electron chi connectivity index (χ0n) is 40.0. The van der Waals surface area contributed by atoms with Crippen LogP contribution < -0.4 is 16.0 Å². The second kappa shape index (κ2) is 25.6. The lowest BCUT2D eigenvalue weighted by Gasteiger charge is -2.34. The van der Waals surface area contributed by atoms with Gasteiger partial charge in [-0.25, -0.2) is 29.3 Å². The van der Waals surface area contributed by atoms with Gasteiger partial charge in [0.2, 0.25) is 0 Å². The Bertz CT molecular complexity index is 2750. The van der Waals surface area contributed by atoms with E-state index >= 15 is 0 Å². The summed E-state index contributed by atoms with van der Waals surface area (Å²) >= 11 is 0. The van der Waals surface area contributed by atoms with Crippen LogP contribution in [0.15, 0.2) is 134 Å². The summed E-state index contributed by atoms with van der Waals surface area (Å²) in [7, 11) is 1.19. The summed E-state index contributed by atoms with van der Waals surface area (Å²) in [5.41, 5.74) is 3.19. The Morgan fingerprint density at radius 3 is 1.94 bits per heavy atom. The molecule has 72 heavy (non-hydrogen) atoms. The summed E-state index contributed by atoms with van der Waals surface area (Å²) in [5, 5.41) is 8.77. The van der Waals surface area contributed by atoms with Gasteiger partial charge in [-0.2, -0.15) is 0 Å². The van der Waals surface area contributed by atoms with E-state index < -0.39 is 72.6 Å². The van der Waals surface area contributed by atoms with Crippen molar-refractivity contribution in [2.24, 2.45) is 0 Å². The number of imidazole rings is 1. The number of benzene rings is 4. The number of hydrogen-bond acceptors (Lipinski definition) is 16. The van der Waals surface area contributed by atoms with Crippen molar-refractivity contribution >= 4 is 53.0 Å². The molecule has 1 fully saturated rings. The standard InChI is InChI=1S/C52H56N8O12/c1-34(61)70-44-42(72-49(45(44)71-35(2)62)60-33-56-43-46(54-32-55-47(43)60)58-48(63)39-22-14-7-15-23-39)28-40(24-25-41(50(64)67-3)57-51(65)68-30-37-18-10-5-11-19-37)59(27-26-53-29-36-16-8-4-9-17-36)52(66)69-31-38-20-12-6-13-21-38/h4-23,32-33,40-42,44-45,49,53H,24-31H2,1-3H3,(H,57,65)(H,54,55,58,63)/t40-,41-,42+,44?,45-,49+/m0/s1. The molecule has 6 aromatic rings. The van der Waals surface area contributed by atoms with Crippen LogP contribution in [0.25, 0.3) is 11.2 Å². The van der Waals surface area contributed by atoms with E-state index in [2.05, 4.69) is 30.9 Å². The third-order valence-electron chi connectivity index (χ3n) is 11.7. The lowest BCUT2D eigenvalue weighted by Crippen LogP contribution is -2.49. The van der Waals surface area contributed by atoms with E-state index in [-0.39, 0.29) is 62.5 Å². The van der Waals surface area contributed by atoms with Crippen LogP contribution in [0.3, 0.4) is 0 Å². The molecule has 0 bridgehead atoms. The minimum absolute atomic E-state index is 0.0130. The SMILES string of the molecule is COC(=O)[C@H](CC[C@@H](C[C@H]1O[C@@H](n2cnc3c(NC(=O)c4ccccc4)ncnc32)[C@@H](OC(C)=O)C1OC(C)=O)N(CCNCc1ccccc1)C(=O)OCc1ccccc1)NC(=O)OCc1ccccc1. The summed E-state index contributed by atoms with van der Waals surface area (Å²) in [6, 6.07) is 34.2. The van der Waals surface area contributed by atoms with Crippen LogP contribution in [-0.4, -0.2) is 111 Å². The summed E-state index contributed by atoms with van der Waals surface area (Å²) in [6.07, 6.45) is -4.11. The quantitative estimate of drug-likeness (QED) is 0.0385. The lowest BCUT2D eigenvalue weighted by molar-refractivity contribution is -0.165. The van der Waals surface area contributed by atoms with Gasteiger partial charge in [-0.15, -0.1) is 0 Å². The molecule has 20 nitrogen and oxygen atoms in total. The second-order valence-corrected chi connectivity index (χ2v) is 16.7. The Balaban J connectivity index is 1.22. The first-order valence-electron chi connectivity index (χ1n) is 23.3. The molecule has 1 unspecified atom stereocenters. The van der Waals surface area contributed by atoms with E-state index in [1.54, 1.807) is 54.6 Å². The topological polar surface area (TPSA) is 241 Å². The normalized spacial score (nSPS) is 16.9. The molecule has 1 aliphatic heterocycles. The predicted octanol–water partition coefficient (Wildman–Crippen LogP) is 6.27. The predicted molar refractivity (Wildman–Crippen MR) is 259 cm³/mol. The van der Waals surface area contributed by atoms with Gasteiger partial charge in [0, 0.05) is 45.1 Å². The molecule has 7 rings (SSSR count). The Kier molecular flexibility index (Phi) is 18.3. The smallest absolute Gasteiger partial charge is 0.410 e. The van der Waals surface area contributed by atoms with Crippen molar-refractivity contribution in [2.45, 2.75) is 89.5 Å². The molecule has 1 aliphatic rings. The average Bonchev–Trinajstić information content (AvgIpc) is 3.97. The van der Waals surface area contributed by atoms with Crippen LogP contribution in [-0.2, 0) is 62.6 Å². The van der Waals surface area contributed by atoms with E-state index in [1.165, 1.54) is 43.1 Å². The molecule has 1 saturated heterocycles. The molecule has 4 aromatic carbocycles. The Morgan fingerprint density at radius 2 is 1.32 bits per heavy atom. The number of fused-ring (bicyclic) bond motifs is 1. The number of rotatable bonds is 22. The van der Waals surface area contributed by atoms with Crippen molar-refractivity contribution in [1.82, 2.24) is 35.1 Å². The number of anilines is 1. The van der Waals surface area contributed by atoms with Crippen molar-refractivity contribution in [3.8, 4) is 0 Å². The molecule has 3 amide bonds. The highest BCUT2D eigenvalue weighted by atomic mass is 16.6. The van der Waals surface area contributed by atoms with Gasteiger partial charge in [0.25, 0.3) is 5.91 Å². The average molecular weight is 985 g/mol. The van der Waals surface area contributed by atoms with Gasteiger partial charge in [-0.05, 0) is 48.1 Å². The number of ether oxygens (including phenoxy) is 6. The third kappa shape index (κ3) is 14.2. The van der Waals surface area contributed by atoms with E-state index in [4.69, 9.17) is 28.4 Å². The first-order chi connectivity index (χ1) is 35.0. The van der Waals surface area contributed by atoms with Crippen LogP contribution in [0.5, 0.6) is 0 Å². The largest absolute Gasteiger partial charge is 0.467 e. The summed E-state index contributed by atoms with van der Waals surface area (Å²) in [4.78, 5) is 94.9. The number of nitrogens with zero attached hydrogens (tertiary/aromatic N) is 5. The van der Waals surface area contributed by atoms with Crippen LogP contribution in [0, 0.1) is 0 Å². The molecule has 0 aliphatic carbocycles. The maximum atomic E-state index is 14.5. The molecule has 0 saturated carbocycles. The van der Waals surface area contributed by atoms with Crippen LogP contribution >= 0.6 is 0 Å². The molecular weight excluding hydrogens is 929 g/mol. The number of carbonyl (C=O) groups is 6. The van der Waals surface area contributed by atoms with Crippen molar-refractivity contribution in [2.75, 3.05) is 25.5 Å². The zero-order chi connectivity index (χ0) is 50.8. The maximum Gasteiger partial charge on any atom is 0.410 e. The third-order valence-corrected chi connectivity index (χ3v) is 11.7. The van der Waals surface area contributed by atoms with Crippen LogP contribution in [0.4, 0.5) is 15.4 Å². The number of nitrogens with one attached hydrogen (secondary N) is 3. The maximum absolute atomic E-state index is 14.5. The molecule has 3 N–H and O–H groups in total. The number of aromatic nitrogens is 4. The minimum atomic E-state index is -1.30. The molecule has 3 heterocycles. The van der Waals surface area contributed by atoms with Crippen molar-refractivity contribution < 1.29 is 57.2 Å². The monoisotopic (exact) mass is 984 g/mol. The van der Waals surface area contributed by atoms with Gasteiger partial charge in [-0.1, -0.05) is 109 Å². The number of esters is 3. The number of methoxy groups -OCH3 is 1. The first-order valence-corrected chi connectivity index (χ1v) is 23.3. The summed E-state index contributed by atoms with van der Waals surface area (Å²) in [6.45, 7) is 3.08. The number of alkyl carbamates (subject to hydrolysis) is 1. The Labute approximate surface area is 415 Å². The number of hydrogen-bond donors (Lipinski definition) is 3. The van der Waals surface area contributed by atoms with Gasteiger partial charge in [0.1, 0.15) is 31.7 Å². The molecular formula is C52H56N8O12. The molecule has 6 atom stereocenters. The van der Waals surface area contributed by atoms with E-state index in [0.717, 1.165) is 16.7 Å². The summed E-state index contributed by atoms with van der Waals surface area (Å²) in [5.74, 6) is -2.58. The lowest BCUT2D eigenvalue weighted by atomic mass is 9.96. The minimum Gasteiger partial charge on any atom is -0.467 e. The molecule has 2 aromatic heterocycles. The second-order valence-electron chi connectivity index (χ2n) is 16.7. The van der Waals surface area contributed by atoms with Crippen LogP contribution in [0.2, 0.25) is 0 Å². The number of amides is 3. The zero-order valence-corrected chi connectivity index (χ0v) is 40.0. The van der Waals surface area contributed by atoms with Gasteiger partial charge in [0.15, 0.2) is 35.4 Å². The fourth-order valence-corrected chi connectivity index (χ4v) is 8.25. The van der Waals surface area contributed by atoms with Crippen molar-refractivity contribution in [3.63, 3.8) is 0 Å². The highest BCUT2D eigenvalue weighted by Gasteiger charge is 2.52. The fourth-order valence-electron chi connectivity index (χ4n) is 8.25. The Morgan fingerprint density at radius 1 is 0.722 bits per heavy atom. The van der Waals surface area contributed by atoms with Crippen molar-refractivity contribution in [3.05, 3.63) is 156 Å². The first kappa shape index (κ1) is 51.6. The van der Waals surface area contributed by atoms with Crippen LogP contribution in [0.1, 0.15) is 66.4 Å². The van der Waals surface area contributed by atoms with Crippen molar-refractivity contribution in [1.29, 1.82) is 0 Å².